The summed E-state index contributed by atoms with van der Waals surface area (Å²) in [6.45, 7) is 11.3. The fourth-order valence-electron chi connectivity index (χ4n) is 3.70. The predicted molar refractivity (Wildman–Crippen MR) is 131 cm³/mol. The monoisotopic (exact) mass is 412 g/mol. The van der Waals surface area contributed by atoms with Crippen LogP contribution >= 0.6 is 7.92 Å². The highest BCUT2D eigenvalue weighted by molar-refractivity contribution is 7.57. The van der Waals surface area contributed by atoms with E-state index in [9.17, 15) is 0 Å². The van der Waals surface area contributed by atoms with Crippen LogP contribution in [0.5, 0.6) is 11.5 Å². The summed E-state index contributed by atoms with van der Waals surface area (Å²) < 4.78 is 5.91. The van der Waals surface area contributed by atoms with E-state index in [4.69, 9.17) is 4.74 Å². The second-order valence-corrected chi connectivity index (χ2v) is 11.0. The van der Waals surface area contributed by atoms with E-state index in [0.29, 0.717) is 7.92 Å². The van der Waals surface area contributed by atoms with E-state index in [1.165, 1.54) is 60.8 Å². The van der Waals surface area contributed by atoms with Crippen LogP contribution in [0, 0.1) is 13.8 Å². The van der Waals surface area contributed by atoms with E-state index < -0.39 is 0 Å². The number of rotatable bonds is 9. The van der Waals surface area contributed by atoms with Crippen LogP contribution in [0.4, 0.5) is 0 Å². The fraction of sp³-hybridized carbons (Fsp3) is 0.556. The van der Waals surface area contributed by atoms with Gasteiger partial charge in [-0.15, -0.1) is 7.92 Å². The molecular formula is C27H41OP. The van der Waals surface area contributed by atoms with Crippen LogP contribution in [-0.4, -0.2) is 18.5 Å². The van der Waals surface area contributed by atoms with Gasteiger partial charge in [0.25, 0.3) is 0 Å². The zero-order valence-corrected chi connectivity index (χ0v) is 20.3. The Morgan fingerprint density at radius 2 is 1.34 bits per heavy atom. The Balaban J connectivity index is 0.000000213. The molecule has 1 aliphatic heterocycles. The van der Waals surface area contributed by atoms with Gasteiger partial charge >= 0.3 is 0 Å². The Labute approximate surface area is 181 Å². The van der Waals surface area contributed by atoms with Crippen molar-refractivity contribution in [3.63, 3.8) is 0 Å². The first kappa shape index (κ1) is 23.9. The van der Waals surface area contributed by atoms with Crippen molar-refractivity contribution in [3.8, 4) is 11.5 Å². The minimum Gasteiger partial charge on any atom is -0.457 e. The van der Waals surface area contributed by atoms with Crippen molar-refractivity contribution < 1.29 is 4.74 Å². The van der Waals surface area contributed by atoms with Gasteiger partial charge < -0.3 is 4.74 Å². The number of fused-ring (bicyclic) bond motifs is 2. The lowest BCUT2D eigenvalue weighted by molar-refractivity contribution is 0.459. The predicted octanol–water partition coefficient (Wildman–Crippen LogP) is 8.87. The van der Waals surface area contributed by atoms with Crippen molar-refractivity contribution in [2.75, 3.05) is 18.5 Å². The number of ether oxygens (including phenoxy) is 1. The Kier molecular flexibility index (Phi) is 10.8. The number of hydrogen-bond acceptors (Lipinski definition) is 1. The lowest BCUT2D eigenvalue weighted by Crippen LogP contribution is -2.05. The van der Waals surface area contributed by atoms with Gasteiger partial charge in [-0.25, -0.2) is 0 Å². The Hall–Kier alpha value is -1.33. The average Bonchev–Trinajstić information content (AvgIpc) is 2.75. The van der Waals surface area contributed by atoms with Crippen LogP contribution in [0.3, 0.4) is 0 Å². The molecule has 3 rings (SSSR count). The largest absolute Gasteiger partial charge is 0.457 e. The van der Waals surface area contributed by atoms with Crippen molar-refractivity contribution in [1.82, 2.24) is 0 Å². The molecule has 0 spiro atoms. The summed E-state index contributed by atoms with van der Waals surface area (Å²) in [6, 6.07) is 12.5. The SMILES string of the molecule is CCCCP(CCCC)CCCC.Cc1ccc2c(c1C)Cc1ccccc1O2. The minimum atomic E-state index is 0.422. The highest BCUT2D eigenvalue weighted by atomic mass is 31.1. The van der Waals surface area contributed by atoms with E-state index in [2.05, 4.69) is 58.9 Å². The molecule has 2 aromatic rings. The van der Waals surface area contributed by atoms with Crippen LogP contribution in [-0.2, 0) is 6.42 Å². The molecular weight excluding hydrogens is 371 g/mol. The van der Waals surface area contributed by atoms with Gasteiger partial charge in [0.1, 0.15) is 11.5 Å². The van der Waals surface area contributed by atoms with Crippen LogP contribution in [0.15, 0.2) is 36.4 Å². The summed E-state index contributed by atoms with van der Waals surface area (Å²) >= 11 is 0. The second kappa shape index (κ2) is 13.1. The first-order chi connectivity index (χ1) is 14.1. The summed E-state index contributed by atoms with van der Waals surface area (Å²) in [4.78, 5) is 0. The maximum Gasteiger partial charge on any atom is 0.131 e. The normalized spacial score (nSPS) is 11.9. The summed E-state index contributed by atoms with van der Waals surface area (Å²) in [5, 5.41) is 0. The van der Waals surface area contributed by atoms with Gasteiger partial charge in [0.15, 0.2) is 0 Å². The summed E-state index contributed by atoms with van der Waals surface area (Å²) in [5.74, 6) is 2.01. The van der Waals surface area contributed by atoms with E-state index in [1.807, 2.05) is 12.1 Å². The smallest absolute Gasteiger partial charge is 0.131 e. The first-order valence-electron chi connectivity index (χ1n) is 11.7. The van der Waals surface area contributed by atoms with Crippen molar-refractivity contribution in [1.29, 1.82) is 0 Å². The van der Waals surface area contributed by atoms with Gasteiger partial charge in [-0.05, 0) is 80.4 Å². The molecule has 0 radical (unpaired) electrons. The third kappa shape index (κ3) is 7.45. The first-order valence-corrected chi connectivity index (χ1v) is 13.6. The van der Waals surface area contributed by atoms with Crippen LogP contribution in [0.25, 0.3) is 0 Å². The summed E-state index contributed by atoms with van der Waals surface area (Å²) in [6.07, 6.45) is 14.2. The minimum absolute atomic E-state index is 0.422. The highest BCUT2D eigenvalue weighted by Crippen LogP contribution is 2.39. The Morgan fingerprint density at radius 3 is 1.93 bits per heavy atom. The molecule has 0 bridgehead atoms. The quantitative estimate of drug-likeness (QED) is 0.319. The van der Waals surface area contributed by atoms with Crippen molar-refractivity contribution in [3.05, 3.63) is 58.7 Å². The molecule has 1 nitrogen and oxygen atoms in total. The maximum atomic E-state index is 5.91. The molecule has 0 saturated carbocycles. The van der Waals surface area contributed by atoms with Gasteiger partial charge in [0.2, 0.25) is 0 Å². The third-order valence-corrected chi connectivity index (χ3v) is 8.72. The van der Waals surface area contributed by atoms with Crippen LogP contribution in [0.2, 0.25) is 0 Å². The zero-order valence-electron chi connectivity index (χ0n) is 19.4. The molecule has 0 atom stereocenters. The van der Waals surface area contributed by atoms with Crippen molar-refractivity contribution >= 4 is 7.92 Å². The number of unbranched alkanes of at least 4 members (excludes halogenated alkanes) is 3. The van der Waals surface area contributed by atoms with E-state index in [0.717, 1.165) is 17.9 Å². The molecule has 1 aliphatic rings. The standard InChI is InChI=1S/C15H14O.C12H27P/c1-10-7-8-15-13(11(10)2)9-12-5-3-4-6-14(12)16-15;1-4-7-10-13(11-8-5-2)12-9-6-3/h3-8H,9H2,1-2H3;4-12H2,1-3H3. The Bertz CT molecular complexity index is 718. The van der Waals surface area contributed by atoms with Gasteiger partial charge in [-0.2, -0.15) is 0 Å². The molecule has 0 unspecified atom stereocenters. The topological polar surface area (TPSA) is 9.23 Å². The molecule has 0 aromatic heterocycles. The fourth-order valence-corrected chi connectivity index (χ4v) is 6.66. The molecule has 0 saturated heterocycles. The molecule has 0 fully saturated rings. The van der Waals surface area contributed by atoms with Crippen LogP contribution < -0.4 is 4.74 Å². The second-order valence-electron chi connectivity index (χ2n) is 8.27. The van der Waals surface area contributed by atoms with Gasteiger partial charge in [-0.1, -0.05) is 64.3 Å². The van der Waals surface area contributed by atoms with Crippen molar-refractivity contribution in [2.45, 2.75) is 79.6 Å². The molecule has 160 valence electrons. The highest BCUT2D eigenvalue weighted by Gasteiger charge is 2.18. The number of para-hydroxylation sites is 1. The molecule has 0 aliphatic carbocycles. The average molecular weight is 413 g/mol. The van der Waals surface area contributed by atoms with Crippen LogP contribution in [0.1, 0.15) is 81.5 Å². The van der Waals surface area contributed by atoms with Gasteiger partial charge in [0, 0.05) is 12.0 Å². The Morgan fingerprint density at radius 1 is 0.759 bits per heavy atom. The van der Waals surface area contributed by atoms with Crippen molar-refractivity contribution in [2.24, 2.45) is 0 Å². The summed E-state index contributed by atoms with van der Waals surface area (Å²) in [5.41, 5.74) is 5.30. The number of aryl methyl sites for hydroxylation is 1. The van der Waals surface area contributed by atoms with E-state index >= 15 is 0 Å². The summed E-state index contributed by atoms with van der Waals surface area (Å²) in [7, 11) is 0.422. The van der Waals surface area contributed by atoms with E-state index in [1.54, 1.807) is 18.5 Å². The number of hydrogen-bond donors (Lipinski definition) is 0. The third-order valence-electron chi connectivity index (χ3n) is 5.87. The maximum absolute atomic E-state index is 5.91. The lowest BCUT2D eigenvalue weighted by atomic mass is 9.94. The molecule has 1 heterocycles. The molecule has 0 amide bonds. The number of benzene rings is 2. The zero-order chi connectivity index (χ0) is 21.1. The van der Waals surface area contributed by atoms with Gasteiger partial charge in [-0.3, -0.25) is 0 Å². The van der Waals surface area contributed by atoms with E-state index in [-0.39, 0.29) is 0 Å². The molecule has 29 heavy (non-hydrogen) atoms. The molecule has 0 N–H and O–H groups in total. The lowest BCUT2D eigenvalue weighted by Gasteiger charge is -2.22. The molecule has 2 aromatic carbocycles. The molecule has 2 heteroatoms. The van der Waals surface area contributed by atoms with Gasteiger partial charge in [0.05, 0.1) is 0 Å².